The van der Waals surface area contributed by atoms with Crippen molar-refractivity contribution in [2.45, 2.75) is 46.2 Å². The number of aromatic nitrogens is 1. The summed E-state index contributed by atoms with van der Waals surface area (Å²) in [6.07, 6.45) is 3.79. The summed E-state index contributed by atoms with van der Waals surface area (Å²) < 4.78 is 5.33. The lowest BCUT2D eigenvalue weighted by atomic mass is 10.1. The van der Waals surface area contributed by atoms with E-state index in [1.165, 1.54) is 9.88 Å². The van der Waals surface area contributed by atoms with Gasteiger partial charge >= 0.3 is 0 Å². The van der Waals surface area contributed by atoms with Crippen molar-refractivity contribution in [1.29, 1.82) is 0 Å². The molecule has 0 aromatic carbocycles. The van der Waals surface area contributed by atoms with Gasteiger partial charge in [0.25, 0.3) is 0 Å². The van der Waals surface area contributed by atoms with Crippen LogP contribution in [0, 0.1) is 13.8 Å². The molecule has 0 bridgehead atoms. The fraction of sp³-hybridized carbons (Fsp3) is 0.500. The molecule has 0 aliphatic rings. The normalized spacial score (nSPS) is 12.8. The molecule has 0 saturated carbocycles. The standard InChI is InChI=1S/C14H20N2OS/c1-10(6-7-13-5-4-8-17-13)15-9-14-16-11(2)12(3)18-14/h4-5,8,10,15H,6-7,9H2,1-3H3. The topological polar surface area (TPSA) is 38.1 Å². The van der Waals surface area contributed by atoms with Crippen LogP contribution >= 0.6 is 11.3 Å². The van der Waals surface area contributed by atoms with Crippen LogP contribution in [-0.4, -0.2) is 11.0 Å². The number of hydrogen-bond acceptors (Lipinski definition) is 4. The van der Waals surface area contributed by atoms with Gasteiger partial charge < -0.3 is 9.73 Å². The van der Waals surface area contributed by atoms with Gasteiger partial charge in [0.05, 0.1) is 12.0 Å². The smallest absolute Gasteiger partial charge is 0.107 e. The van der Waals surface area contributed by atoms with Crippen LogP contribution in [0.15, 0.2) is 22.8 Å². The average Bonchev–Trinajstić information content (AvgIpc) is 2.95. The number of furan rings is 1. The van der Waals surface area contributed by atoms with E-state index in [2.05, 4.69) is 31.1 Å². The summed E-state index contributed by atoms with van der Waals surface area (Å²) in [5.74, 6) is 1.06. The summed E-state index contributed by atoms with van der Waals surface area (Å²) in [5.41, 5.74) is 1.15. The minimum absolute atomic E-state index is 0.472. The summed E-state index contributed by atoms with van der Waals surface area (Å²) in [4.78, 5) is 5.84. The SMILES string of the molecule is Cc1nc(CNC(C)CCc2ccco2)sc1C. The summed E-state index contributed by atoms with van der Waals surface area (Å²) in [6, 6.07) is 4.44. The van der Waals surface area contributed by atoms with E-state index in [1.807, 2.05) is 12.1 Å². The first kappa shape index (κ1) is 13.3. The largest absolute Gasteiger partial charge is 0.469 e. The maximum atomic E-state index is 5.33. The predicted octanol–water partition coefficient (Wildman–Crippen LogP) is 3.46. The van der Waals surface area contributed by atoms with Gasteiger partial charge in [-0.05, 0) is 39.3 Å². The van der Waals surface area contributed by atoms with E-state index in [1.54, 1.807) is 17.6 Å². The summed E-state index contributed by atoms with van der Waals surface area (Å²) in [6.45, 7) is 7.25. The average molecular weight is 264 g/mol. The zero-order valence-electron chi connectivity index (χ0n) is 11.2. The zero-order valence-corrected chi connectivity index (χ0v) is 12.0. The number of hydrogen-bond donors (Lipinski definition) is 1. The molecular weight excluding hydrogens is 244 g/mol. The Hall–Kier alpha value is -1.13. The van der Waals surface area contributed by atoms with Crippen molar-refractivity contribution in [3.05, 3.63) is 39.7 Å². The second-order valence-corrected chi connectivity index (χ2v) is 5.94. The van der Waals surface area contributed by atoms with Crippen molar-refractivity contribution in [2.24, 2.45) is 0 Å². The fourth-order valence-corrected chi connectivity index (χ4v) is 2.68. The molecule has 1 unspecified atom stereocenters. The van der Waals surface area contributed by atoms with Crippen LogP contribution in [0.1, 0.15) is 34.7 Å². The first-order valence-corrected chi connectivity index (χ1v) is 7.15. The molecule has 0 fully saturated rings. The molecule has 0 saturated heterocycles. The summed E-state index contributed by atoms with van der Waals surface area (Å²) in [7, 11) is 0. The molecule has 4 heteroatoms. The molecule has 2 aromatic rings. The minimum Gasteiger partial charge on any atom is -0.469 e. The van der Waals surface area contributed by atoms with Gasteiger partial charge in [0.2, 0.25) is 0 Å². The van der Waals surface area contributed by atoms with E-state index < -0.39 is 0 Å². The molecule has 3 nitrogen and oxygen atoms in total. The Morgan fingerprint density at radius 2 is 2.28 bits per heavy atom. The van der Waals surface area contributed by atoms with Gasteiger partial charge in [-0.3, -0.25) is 0 Å². The van der Waals surface area contributed by atoms with E-state index in [0.29, 0.717) is 6.04 Å². The Morgan fingerprint density at radius 1 is 1.44 bits per heavy atom. The van der Waals surface area contributed by atoms with Gasteiger partial charge in [0, 0.05) is 23.9 Å². The third-order valence-corrected chi connectivity index (χ3v) is 4.15. The molecule has 1 atom stereocenters. The van der Waals surface area contributed by atoms with Gasteiger partial charge in [0.15, 0.2) is 0 Å². The van der Waals surface area contributed by atoms with Crippen LogP contribution in [0.25, 0.3) is 0 Å². The third kappa shape index (κ3) is 3.68. The Bertz CT molecular complexity index is 456. The lowest BCUT2D eigenvalue weighted by Crippen LogP contribution is -2.25. The lowest BCUT2D eigenvalue weighted by molar-refractivity contribution is 0.459. The highest BCUT2D eigenvalue weighted by Crippen LogP contribution is 2.16. The molecule has 0 aliphatic heterocycles. The van der Waals surface area contributed by atoms with Crippen molar-refractivity contribution in [3.8, 4) is 0 Å². The number of nitrogens with zero attached hydrogens (tertiary/aromatic N) is 1. The molecule has 0 aliphatic carbocycles. The molecule has 2 heterocycles. The van der Waals surface area contributed by atoms with Crippen LogP contribution in [0.2, 0.25) is 0 Å². The monoisotopic (exact) mass is 264 g/mol. The van der Waals surface area contributed by atoms with Crippen LogP contribution in [-0.2, 0) is 13.0 Å². The lowest BCUT2D eigenvalue weighted by Gasteiger charge is -2.11. The first-order chi connectivity index (χ1) is 8.65. The van der Waals surface area contributed by atoms with Gasteiger partial charge in [-0.25, -0.2) is 4.98 Å². The van der Waals surface area contributed by atoms with Crippen molar-refractivity contribution in [2.75, 3.05) is 0 Å². The molecule has 0 spiro atoms. The third-order valence-electron chi connectivity index (χ3n) is 3.08. The number of aryl methyl sites for hydroxylation is 3. The van der Waals surface area contributed by atoms with Gasteiger partial charge in [0.1, 0.15) is 10.8 Å². The van der Waals surface area contributed by atoms with Crippen molar-refractivity contribution in [1.82, 2.24) is 10.3 Å². The van der Waals surface area contributed by atoms with E-state index >= 15 is 0 Å². The zero-order chi connectivity index (χ0) is 13.0. The number of rotatable bonds is 6. The molecule has 1 N–H and O–H groups in total. The summed E-state index contributed by atoms with van der Waals surface area (Å²) in [5, 5.41) is 4.68. The maximum Gasteiger partial charge on any atom is 0.107 e. The molecule has 0 amide bonds. The number of thiazole rings is 1. The van der Waals surface area contributed by atoms with Gasteiger partial charge in [-0.2, -0.15) is 0 Å². The van der Waals surface area contributed by atoms with E-state index in [-0.39, 0.29) is 0 Å². The Labute approximate surface area is 112 Å². The Balaban J connectivity index is 1.73. The van der Waals surface area contributed by atoms with Crippen LogP contribution < -0.4 is 5.32 Å². The van der Waals surface area contributed by atoms with Crippen LogP contribution in [0.3, 0.4) is 0 Å². The highest BCUT2D eigenvalue weighted by Gasteiger charge is 2.07. The van der Waals surface area contributed by atoms with Gasteiger partial charge in [-0.1, -0.05) is 0 Å². The van der Waals surface area contributed by atoms with Gasteiger partial charge in [-0.15, -0.1) is 11.3 Å². The predicted molar refractivity (Wildman–Crippen MR) is 74.9 cm³/mol. The first-order valence-electron chi connectivity index (χ1n) is 6.34. The number of nitrogens with one attached hydrogen (secondary N) is 1. The maximum absolute atomic E-state index is 5.33. The van der Waals surface area contributed by atoms with E-state index in [4.69, 9.17) is 4.42 Å². The molecule has 0 radical (unpaired) electrons. The highest BCUT2D eigenvalue weighted by molar-refractivity contribution is 7.11. The van der Waals surface area contributed by atoms with E-state index in [9.17, 15) is 0 Å². The van der Waals surface area contributed by atoms with E-state index in [0.717, 1.165) is 30.8 Å². The molecule has 2 aromatic heterocycles. The Morgan fingerprint density at radius 3 is 2.89 bits per heavy atom. The molecule has 98 valence electrons. The molecule has 18 heavy (non-hydrogen) atoms. The van der Waals surface area contributed by atoms with Crippen LogP contribution in [0.5, 0.6) is 0 Å². The van der Waals surface area contributed by atoms with Crippen LogP contribution in [0.4, 0.5) is 0 Å². The quantitative estimate of drug-likeness (QED) is 0.868. The minimum atomic E-state index is 0.472. The molecule has 2 rings (SSSR count). The summed E-state index contributed by atoms with van der Waals surface area (Å²) >= 11 is 1.78. The molecular formula is C14H20N2OS. The second-order valence-electron chi connectivity index (χ2n) is 4.65. The van der Waals surface area contributed by atoms with Crippen molar-refractivity contribution in [3.63, 3.8) is 0 Å². The van der Waals surface area contributed by atoms with Crippen molar-refractivity contribution < 1.29 is 4.42 Å². The van der Waals surface area contributed by atoms with Crippen molar-refractivity contribution >= 4 is 11.3 Å². The fourth-order valence-electron chi connectivity index (χ4n) is 1.79. The highest BCUT2D eigenvalue weighted by atomic mass is 32.1. The second kappa shape index (κ2) is 6.16. The Kier molecular flexibility index (Phi) is 4.55.